The predicted molar refractivity (Wildman–Crippen MR) is 80.5 cm³/mol. The molecule has 0 spiro atoms. The van der Waals surface area contributed by atoms with E-state index in [2.05, 4.69) is 17.0 Å². The molecule has 0 aliphatic carbocycles. The number of nitrogens with zero attached hydrogens (tertiary/aromatic N) is 1. The minimum absolute atomic E-state index is 0.152. The molecule has 1 aromatic carbocycles. The van der Waals surface area contributed by atoms with E-state index in [1.165, 1.54) is 5.56 Å². The van der Waals surface area contributed by atoms with Crippen molar-refractivity contribution in [3.05, 3.63) is 35.9 Å². The van der Waals surface area contributed by atoms with Gasteiger partial charge >= 0.3 is 0 Å². The summed E-state index contributed by atoms with van der Waals surface area (Å²) in [5, 5.41) is 0. The number of morpholine rings is 1. The van der Waals surface area contributed by atoms with Gasteiger partial charge in [-0.05, 0) is 12.5 Å². The van der Waals surface area contributed by atoms with Crippen LogP contribution in [0.2, 0.25) is 0 Å². The smallest absolute Gasteiger partial charge is 0.151 e. The van der Waals surface area contributed by atoms with Crippen LogP contribution in [0, 0.1) is 0 Å². The molecule has 5 heteroatoms. The zero-order chi connectivity index (χ0) is 14.6. The van der Waals surface area contributed by atoms with Gasteiger partial charge in [-0.15, -0.1) is 0 Å². The molecule has 0 amide bonds. The van der Waals surface area contributed by atoms with Gasteiger partial charge in [-0.2, -0.15) is 0 Å². The molecule has 0 saturated carbocycles. The molecule has 1 heterocycles. The Balaban J connectivity index is 2.09. The molecule has 0 bridgehead atoms. The van der Waals surface area contributed by atoms with Crippen LogP contribution < -0.4 is 0 Å². The Morgan fingerprint density at radius 2 is 2.00 bits per heavy atom. The number of hydrogen-bond acceptors (Lipinski definition) is 4. The van der Waals surface area contributed by atoms with Crippen molar-refractivity contribution in [1.82, 2.24) is 4.90 Å². The van der Waals surface area contributed by atoms with Crippen LogP contribution in [0.4, 0.5) is 0 Å². The van der Waals surface area contributed by atoms with Crippen molar-refractivity contribution >= 4 is 9.84 Å². The van der Waals surface area contributed by atoms with Crippen LogP contribution in [-0.2, 0) is 14.6 Å². The van der Waals surface area contributed by atoms with Gasteiger partial charge in [-0.25, -0.2) is 8.42 Å². The summed E-state index contributed by atoms with van der Waals surface area (Å²) in [5.41, 5.74) is 1.19. The van der Waals surface area contributed by atoms with Gasteiger partial charge in [0.1, 0.15) is 0 Å². The van der Waals surface area contributed by atoms with Crippen LogP contribution in [0.5, 0.6) is 0 Å². The van der Waals surface area contributed by atoms with Crippen molar-refractivity contribution < 1.29 is 13.2 Å². The van der Waals surface area contributed by atoms with Gasteiger partial charge in [-0.3, -0.25) is 4.90 Å². The van der Waals surface area contributed by atoms with E-state index < -0.39 is 9.84 Å². The van der Waals surface area contributed by atoms with Gasteiger partial charge < -0.3 is 4.74 Å². The van der Waals surface area contributed by atoms with Crippen molar-refractivity contribution in [2.45, 2.75) is 26.0 Å². The average Bonchev–Trinajstić information content (AvgIpc) is 2.46. The number of rotatable bonds is 5. The lowest BCUT2D eigenvalue weighted by Crippen LogP contribution is -2.45. The molecule has 4 nitrogen and oxygen atoms in total. The third-order valence-electron chi connectivity index (χ3n) is 3.78. The molecule has 0 N–H and O–H groups in total. The minimum Gasteiger partial charge on any atom is -0.375 e. The number of ether oxygens (including phenoxy) is 1. The van der Waals surface area contributed by atoms with E-state index >= 15 is 0 Å². The summed E-state index contributed by atoms with van der Waals surface area (Å²) in [5.74, 6) is 0.433. The lowest BCUT2D eigenvalue weighted by molar-refractivity contribution is -0.0538. The maximum Gasteiger partial charge on any atom is 0.151 e. The quantitative estimate of drug-likeness (QED) is 0.832. The Labute approximate surface area is 121 Å². The normalized spacial score (nSPS) is 24.7. The van der Waals surface area contributed by atoms with Gasteiger partial charge in [0.2, 0.25) is 0 Å². The van der Waals surface area contributed by atoms with Crippen LogP contribution in [0.25, 0.3) is 0 Å². The van der Waals surface area contributed by atoms with Gasteiger partial charge in [0.15, 0.2) is 9.84 Å². The summed E-state index contributed by atoms with van der Waals surface area (Å²) >= 11 is 0. The summed E-state index contributed by atoms with van der Waals surface area (Å²) in [7, 11) is -2.92. The first-order valence-electron chi connectivity index (χ1n) is 7.13. The third-order valence-corrected chi connectivity index (χ3v) is 5.47. The summed E-state index contributed by atoms with van der Waals surface area (Å²) < 4.78 is 29.2. The lowest BCUT2D eigenvalue weighted by Gasteiger charge is -2.38. The maximum absolute atomic E-state index is 11.7. The number of hydrogen-bond donors (Lipinski definition) is 0. The molecule has 1 fully saturated rings. The van der Waals surface area contributed by atoms with Crippen molar-refractivity contribution in [2.75, 3.05) is 31.2 Å². The first-order valence-corrected chi connectivity index (χ1v) is 8.95. The molecule has 2 rings (SSSR count). The highest BCUT2D eigenvalue weighted by atomic mass is 32.2. The fourth-order valence-electron chi connectivity index (χ4n) is 2.50. The average molecular weight is 297 g/mol. The molecule has 0 aromatic heterocycles. The fraction of sp³-hybridized carbons (Fsp3) is 0.600. The third kappa shape index (κ3) is 4.04. The van der Waals surface area contributed by atoms with E-state index in [-0.39, 0.29) is 23.7 Å². The van der Waals surface area contributed by atoms with E-state index in [1.54, 1.807) is 6.92 Å². The first-order chi connectivity index (χ1) is 9.52. The van der Waals surface area contributed by atoms with Gasteiger partial charge in [0.05, 0.1) is 24.5 Å². The molecule has 112 valence electrons. The number of sulfone groups is 1. The zero-order valence-electron chi connectivity index (χ0n) is 12.2. The Hall–Kier alpha value is -0.910. The molecule has 2 unspecified atom stereocenters. The zero-order valence-corrected chi connectivity index (χ0v) is 13.0. The van der Waals surface area contributed by atoms with E-state index in [1.807, 2.05) is 25.1 Å². The Kier molecular flexibility index (Phi) is 5.18. The van der Waals surface area contributed by atoms with E-state index in [0.29, 0.717) is 13.2 Å². The SMILES string of the molecule is CCS(=O)(=O)CCN1CC(C)OCC1c1ccccc1. The molecular formula is C15H23NO3S. The van der Waals surface area contributed by atoms with Crippen molar-refractivity contribution in [1.29, 1.82) is 0 Å². The second-order valence-corrected chi connectivity index (χ2v) is 7.77. The Morgan fingerprint density at radius 3 is 2.65 bits per heavy atom. The summed E-state index contributed by atoms with van der Waals surface area (Å²) in [6, 6.07) is 10.3. The molecule has 1 aromatic rings. The highest BCUT2D eigenvalue weighted by Gasteiger charge is 2.28. The molecular weight excluding hydrogens is 274 g/mol. The van der Waals surface area contributed by atoms with Gasteiger partial charge in [0.25, 0.3) is 0 Å². The van der Waals surface area contributed by atoms with Gasteiger partial charge in [-0.1, -0.05) is 37.3 Å². The van der Waals surface area contributed by atoms with Crippen molar-refractivity contribution in [3.63, 3.8) is 0 Å². The monoisotopic (exact) mass is 297 g/mol. The van der Waals surface area contributed by atoms with E-state index in [9.17, 15) is 8.42 Å². The molecule has 1 aliphatic heterocycles. The van der Waals surface area contributed by atoms with Gasteiger partial charge in [0, 0.05) is 18.8 Å². The summed E-state index contributed by atoms with van der Waals surface area (Å²) in [6.45, 7) is 5.70. The second-order valence-electron chi connectivity index (χ2n) is 5.30. The van der Waals surface area contributed by atoms with E-state index in [4.69, 9.17) is 4.74 Å². The van der Waals surface area contributed by atoms with Crippen LogP contribution in [-0.4, -0.2) is 50.6 Å². The summed E-state index contributed by atoms with van der Waals surface area (Å²) in [4.78, 5) is 2.23. The molecule has 2 atom stereocenters. The Bertz CT molecular complexity index is 515. The van der Waals surface area contributed by atoms with Crippen molar-refractivity contribution in [3.8, 4) is 0 Å². The second kappa shape index (κ2) is 6.70. The van der Waals surface area contributed by atoms with Crippen LogP contribution in [0.15, 0.2) is 30.3 Å². The highest BCUT2D eigenvalue weighted by molar-refractivity contribution is 7.91. The molecule has 1 aliphatic rings. The predicted octanol–water partition coefficient (Wildman–Crippen LogP) is 1.88. The molecule has 0 radical (unpaired) electrons. The van der Waals surface area contributed by atoms with Crippen LogP contribution in [0.3, 0.4) is 0 Å². The lowest BCUT2D eigenvalue weighted by atomic mass is 10.0. The minimum atomic E-state index is -2.92. The first kappa shape index (κ1) is 15.5. The van der Waals surface area contributed by atoms with Crippen LogP contribution in [0.1, 0.15) is 25.5 Å². The maximum atomic E-state index is 11.7. The largest absolute Gasteiger partial charge is 0.375 e. The Morgan fingerprint density at radius 1 is 1.30 bits per heavy atom. The molecule has 20 heavy (non-hydrogen) atoms. The summed E-state index contributed by atoms with van der Waals surface area (Å²) in [6.07, 6.45) is 0.152. The molecule has 1 saturated heterocycles. The van der Waals surface area contributed by atoms with E-state index in [0.717, 1.165) is 6.54 Å². The topological polar surface area (TPSA) is 46.6 Å². The number of benzene rings is 1. The van der Waals surface area contributed by atoms with Crippen LogP contribution >= 0.6 is 0 Å². The fourth-order valence-corrected chi connectivity index (χ4v) is 3.30. The standard InChI is InChI=1S/C15H23NO3S/c1-3-20(17,18)10-9-16-11-13(2)19-12-15(16)14-7-5-4-6-8-14/h4-8,13,15H,3,9-12H2,1-2H3. The van der Waals surface area contributed by atoms with Crippen molar-refractivity contribution in [2.24, 2.45) is 0 Å². The highest BCUT2D eigenvalue weighted by Crippen LogP contribution is 2.25.